The van der Waals surface area contributed by atoms with Crippen LogP contribution < -0.4 is 5.32 Å². The smallest absolute Gasteiger partial charge is 0.318 e. The molecule has 1 saturated heterocycles. The Kier molecular flexibility index (Phi) is 6.14. The molecule has 1 aliphatic heterocycles. The van der Waals surface area contributed by atoms with Crippen molar-refractivity contribution in [2.75, 3.05) is 13.1 Å². The molecule has 1 aromatic rings. The minimum absolute atomic E-state index is 0.252. The molecule has 174 valence electrons. The fourth-order valence-electron chi connectivity index (χ4n) is 2.99. The van der Waals surface area contributed by atoms with E-state index in [0.29, 0.717) is 6.07 Å². The van der Waals surface area contributed by atoms with Gasteiger partial charge in [0.05, 0.1) is 6.54 Å². The first-order valence-electron chi connectivity index (χ1n) is 8.08. The molecule has 14 nitrogen and oxygen atoms in total. The maximum absolute atomic E-state index is 13.4. The van der Waals surface area contributed by atoms with E-state index in [1.807, 2.05) is 0 Å². The highest BCUT2D eigenvalue weighted by molar-refractivity contribution is 6.31. The normalized spacial score (nSPS) is 23.2. The Labute approximate surface area is 176 Å². The molecule has 0 radical (unpaired) electrons. The van der Waals surface area contributed by atoms with Crippen molar-refractivity contribution in [3.8, 4) is 0 Å². The highest BCUT2D eigenvalue weighted by Crippen LogP contribution is 2.49. The highest BCUT2D eigenvalue weighted by atomic mass is 35.5. The first kappa shape index (κ1) is 25.2. The van der Waals surface area contributed by atoms with Crippen molar-refractivity contribution in [1.29, 1.82) is 0 Å². The molecule has 0 aromatic heterocycles. The van der Waals surface area contributed by atoms with Crippen molar-refractivity contribution in [2.24, 2.45) is 0 Å². The second kappa shape index (κ2) is 7.54. The fourth-order valence-corrected chi connectivity index (χ4v) is 3.21. The molecule has 0 spiro atoms. The van der Waals surface area contributed by atoms with E-state index in [4.69, 9.17) is 16.7 Å². The van der Waals surface area contributed by atoms with Gasteiger partial charge in [0, 0.05) is 10.6 Å². The average Bonchev–Trinajstić information content (AvgIpc) is 2.61. The van der Waals surface area contributed by atoms with Gasteiger partial charge in [0.1, 0.15) is 12.4 Å². The minimum atomic E-state index is -4.55. The zero-order valence-corrected chi connectivity index (χ0v) is 15.9. The molecule has 1 amide bonds. The van der Waals surface area contributed by atoms with E-state index in [1.54, 1.807) is 5.32 Å². The summed E-state index contributed by atoms with van der Waals surface area (Å²) >= 11 is 5.58. The summed E-state index contributed by atoms with van der Waals surface area (Å²) in [6.07, 6.45) is 0. The number of halogens is 2. The molecule has 1 aromatic carbocycles. The van der Waals surface area contributed by atoms with E-state index in [1.165, 1.54) is 0 Å². The summed E-state index contributed by atoms with van der Waals surface area (Å²) in [5, 5.41) is 101. The van der Waals surface area contributed by atoms with Gasteiger partial charge in [-0.1, -0.05) is 11.6 Å². The van der Waals surface area contributed by atoms with Crippen molar-refractivity contribution >= 4 is 23.5 Å². The van der Waals surface area contributed by atoms with Gasteiger partial charge in [-0.15, -0.1) is 0 Å². The third-order valence-corrected chi connectivity index (χ3v) is 4.98. The predicted molar refractivity (Wildman–Crippen MR) is 91.7 cm³/mol. The number of nitrogens with one attached hydrogen (secondary N) is 1. The van der Waals surface area contributed by atoms with Gasteiger partial charge in [-0.25, -0.2) is 4.39 Å². The van der Waals surface area contributed by atoms with Crippen molar-refractivity contribution in [1.82, 2.24) is 10.2 Å². The topological polar surface area (TPSA) is 252 Å². The number of likely N-dealkylation sites (tertiary alicyclic amines) is 1. The monoisotopic (exact) mass is 472 g/mol. The molecule has 2 rings (SSSR count). The SMILES string of the molecule is O=C(O)CN1C(O)(O)C(O)(O)C(O)(CNC(=O)c2cc(F)cc(Cl)c2)C(O)(O)C1(O)O. The Morgan fingerprint density at radius 1 is 0.935 bits per heavy atom. The third-order valence-electron chi connectivity index (χ3n) is 4.76. The van der Waals surface area contributed by atoms with Crippen molar-refractivity contribution in [3.05, 3.63) is 34.6 Å². The zero-order chi connectivity index (χ0) is 24.2. The molecule has 11 N–H and O–H groups in total. The Morgan fingerprint density at radius 3 is 1.84 bits per heavy atom. The molecule has 0 bridgehead atoms. The number of aliphatic carboxylic acids is 1. The van der Waals surface area contributed by atoms with Crippen LogP contribution in [0.4, 0.5) is 4.39 Å². The van der Waals surface area contributed by atoms with Crippen molar-refractivity contribution in [2.45, 2.75) is 29.0 Å². The molecule has 1 heterocycles. The molecule has 0 atom stereocenters. The Bertz CT molecular complexity index is 858. The van der Waals surface area contributed by atoms with Gasteiger partial charge in [0.15, 0.2) is 0 Å². The number of piperidine rings is 1. The first-order chi connectivity index (χ1) is 13.8. The van der Waals surface area contributed by atoms with Crippen LogP contribution in [-0.4, -0.2) is 110 Å². The molecule has 0 unspecified atom stereocenters. The van der Waals surface area contributed by atoms with Crippen LogP contribution in [0, 0.1) is 5.82 Å². The molecule has 1 aliphatic rings. The number of carbonyl (C=O) groups is 2. The van der Waals surface area contributed by atoms with Crippen LogP contribution >= 0.6 is 11.6 Å². The summed E-state index contributed by atoms with van der Waals surface area (Å²) in [6, 6.07) is 2.38. The summed E-state index contributed by atoms with van der Waals surface area (Å²) in [7, 11) is 0. The van der Waals surface area contributed by atoms with E-state index < -0.39 is 70.2 Å². The number of carboxylic acids is 1. The van der Waals surface area contributed by atoms with Crippen LogP contribution in [0.1, 0.15) is 10.4 Å². The number of rotatable bonds is 5. The van der Waals surface area contributed by atoms with E-state index in [9.17, 15) is 59.9 Å². The van der Waals surface area contributed by atoms with E-state index in [0.717, 1.165) is 12.1 Å². The molecule has 0 aliphatic carbocycles. The number of carboxylic acid groups (broad SMARTS) is 1. The summed E-state index contributed by atoms with van der Waals surface area (Å²) in [5.41, 5.74) is -4.73. The summed E-state index contributed by atoms with van der Waals surface area (Å²) in [4.78, 5) is 22.2. The van der Waals surface area contributed by atoms with E-state index >= 15 is 0 Å². The second-order valence-electron chi connectivity index (χ2n) is 6.80. The number of carbonyl (C=O) groups excluding carboxylic acids is 1. The predicted octanol–water partition coefficient (Wildman–Crippen LogP) is -5.02. The van der Waals surface area contributed by atoms with Gasteiger partial charge in [-0.2, -0.15) is 4.90 Å². The maximum Gasteiger partial charge on any atom is 0.318 e. The van der Waals surface area contributed by atoms with Crippen molar-refractivity contribution in [3.63, 3.8) is 0 Å². The lowest BCUT2D eigenvalue weighted by molar-refractivity contribution is -0.592. The molecule has 16 heteroatoms. The quantitative estimate of drug-likeness (QED) is 0.180. The lowest BCUT2D eigenvalue weighted by Gasteiger charge is -2.62. The van der Waals surface area contributed by atoms with Gasteiger partial charge in [0.25, 0.3) is 29.3 Å². The number of nitrogens with zero attached hydrogens (tertiary/aromatic N) is 1. The Morgan fingerprint density at radius 2 is 1.42 bits per heavy atom. The molecule has 0 saturated carbocycles. The maximum atomic E-state index is 13.4. The molecule has 1 fully saturated rings. The number of benzene rings is 1. The lowest BCUT2D eigenvalue weighted by atomic mass is 9.74. The van der Waals surface area contributed by atoms with Gasteiger partial charge in [0.2, 0.25) is 5.60 Å². The summed E-state index contributed by atoms with van der Waals surface area (Å²) < 4.78 is 13.4. The highest BCUT2D eigenvalue weighted by Gasteiger charge is 2.84. The minimum Gasteiger partial charge on any atom is -0.480 e. The Balaban J connectivity index is 2.49. The number of amides is 1. The van der Waals surface area contributed by atoms with Crippen LogP contribution in [0.15, 0.2) is 18.2 Å². The summed E-state index contributed by atoms with van der Waals surface area (Å²) in [6.45, 7) is -3.57. The van der Waals surface area contributed by atoms with Gasteiger partial charge < -0.3 is 56.4 Å². The standard InChI is InChI=1S/C15H18ClFN2O12/c16-7-1-6(2-8(17)3-7)10(22)18-5-11(23)12(24,25)14(28,29)19(4-9(20)21)15(30,31)13(11,26)27/h1-3,23-31H,4-5H2,(H,18,22)(H,20,21). The molecule has 31 heavy (non-hydrogen) atoms. The Hall–Kier alpha value is -2.02. The van der Waals surface area contributed by atoms with Crippen LogP contribution in [0.5, 0.6) is 0 Å². The van der Waals surface area contributed by atoms with Crippen LogP contribution in [-0.2, 0) is 4.79 Å². The number of aliphatic hydroxyl groups is 9. The zero-order valence-electron chi connectivity index (χ0n) is 15.1. The van der Waals surface area contributed by atoms with Gasteiger partial charge >= 0.3 is 5.97 Å². The summed E-state index contributed by atoms with van der Waals surface area (Å²) in [5.74, 6) is -22.4. The van der Waals surface area contributed by atoms with E-state index in [-0.39, 0.29) is 5.02 Å². The van der Waals surface area contributed by atoms with Crippen molar-refractivity contribution < 1.29 is 65.0 Å². The fraction of sp³-hybridized carbons (Fsp3) is 0.467. The van der Waals surface area contributed by atoms with Crippen LogP contribution in [0.3, 0.4) is 0 Å². The van der Waals surface area contributed by atoms with Crippen LogP contribution in [0.25, 0.3) is 0 Å². The second-order valence-corrected chi connectivity index (χ2v) is 7.23. The van der Waals surface area contributed by atoms with Crippen LogP contribution in [0.2, 0.25) is 5.02 Å². The van der Waals surface area contributed by atoms with Gasteiger partial charge in [-0.05, 0) is 18.2 Å². The third kappa shape index (κ3) is 3.65. The molecular formula is C15H18ClFN2O12. The number of hydrogen-bond acceptors (Lipinski definition) is 12. The lowest BCUT2D eigenvalue weighted by Crippen LogP contribution is -2.94. The van der Waals surface area contributed by atoms with E-state index in [2.05, 4.69) is 0 Å². The average molecular weight is 473 g/mol. The molecular weight excluding hydrogens is 455 g/mol. The largest absolute Gasteiger partial charge is 0.480 e. The first-order valence-corrected chi connectivity index (χ1v) is 8.46. The number of hydrogen-bond donors (Lipinski definition) is 11. The van der Waals surface area contributed by atoms with Gasteiger partial charge in [-0.3, -0.25) is 9.59 Å².